The summed E-state index contributed by atoms with van der Waals surface area (Å²) in [4.78, 5) is 15.5. The zero-order valence-electron chi connectivity index (χ0n) is 15.9. The van der Waals surface area contributed by atoms with E-state index in [0.29, 0.717) is 15.7 Å². The number of carbonyl (C=O) groups excluding carboxylic acids is 1. The van der Waals surface area contributed by atoms with Crippen molar-refractivity contribution in [2.24, 2.45) is 0 Å². The first-order valence-electron chi connectivity index (χ1n) is 10.1. The fourth-order valence-electron chi connectivity index (χ4n) is 4.70. The second kappa shape index (κ2) is 7.51. The van der Waals surface area contributed by atoms with Crippen molar-refractivity contribution in [2.75, 3.05) is 0 Å². The number of aromatic nitrogens is 2. The van der Waals surface area contributed by atoms with Gasteiger partial charge in [-0.05, 0) is 42.7 Å². The number of aromatic amines is 1. The molecule has 1 N–H and O–H groups in total. The molecule has 2 aromatic carbocycles. The van der Waals surface area contributed by atoms with Crippen molar-refractivity contribution < 1.29 is 4.79 Å². The molecular formula is C23H21Cl2N3O. The van der Waals surface area contributed by atoms with E-state index in [0.717, 1.165) is 48.1 Å². The number of amides is 1. The zero-order chi connectivity index (χ0) is 20.0. The van der Waals surface area contributed by atoms with Crippen molar-refractivity contribution in [3.8, 4) is 11.3 Å². The molecule has 3 aromatic rings. The van der Waals surface area contributed by atoms with Crippen LogP contribution in [0, 0.1) is 0 Å². The van der Waals surface area contributed by atoms with Crippen molar-refractivity contribution in [2.45, 2.75) is 44.2 Å². The Morgan fingerprint density at radius 2 is 1.52 bits per heavy atom. The Morgan fingerprint density at radius 1 is 0.897 bits per heavy atom. The number of benzene rings is 2. The summed E-state index contributed by atoms with van der Waals surface area (Å²) in [5, 5.41) is 8.91. The maximum Gasteiger partial charge on any atom is 0.273 e. The molecule has 1 fully saturated rings. The first kappa shape index (κ1) is 18.7. The van der Waals surface area contributed by atoms with Crippen molar-refractivity contribution >= 4 is 29.1 Å². The fourth-order valence-corrected chi connectivity index (χ4v) is 4.95. The van der Waals surface area contributed by atoms with Gasteiger partial charge in [0, 0.05) is 27.2 Å². The largest absolute Gasteiger partial charge is 0.323 e. The quantitative estimate of drug-likeness (QED) is 0.537. The third kappa shape index (κ3) is 3.24. The van der Waals surface area contributed by atoms with Crippen molar-refractivity contribution in [3.63, 3.8) is 0 Å². The Bertz CT molecular complexity index is 1040. The highest BCUT2D eigenvalue weighted by molar-refractivity contribution is 6.30. The topological polar surface area (TPSA) is 49.0 Å². The minimum absolute atomic E-state index is 0.0413. The number of halogens is 2. The number of carbonyl (C=O) groups is 1. The van der Waals surface area contributed by atoms with Gasteiger partial charge in [0.05, 0.1) is 11.7 Å². The van der Waals surface area contributed by atoms with Crippen LogP contribution in [0.3, 0.4) is 0 Å². The van der Waals surface area contributed by atoms with Gasteiger partial charge in [0.1, 0.15) is 5.69 Å². The molecule has 1 unspecified atom stereocenters. The Hall–Kier alpha value is -2.30. The standard InChI is InChI=1S/C23H21Cl2N3O/c24-16-10-6-14(7-11-16)20-19-21(27-26-20)23(29)28(18-4-2-1-3-5-18)22(19)15-8-12-17(25)13-9-15/h6-13,18,22H,1-5H2,(H,26,27). The second-order valence-electron chi connectivity index (χ2n) is 7.83. The molecule has 2 aliphatic rings. The summed E-state index contributed by atoms with van der Waals surface area (Å²) < 4.78 is 0. The number of rotatable bonds is 3. The highest BCUT2D eigenvalue weighted by atomic mass is 35.5. The van der Waals surface area contributed by atoms with Gasteiger partial charge in [0.15, 0.2) is 0 Å². The molecule has 1 aromatic heterocycles. The predicted octanol–water partition coefficient (Wildman–Crippen LogP) is 6.26. The van der Waals surface area contributed by atoms with Crippen molar-refractivity contribution in [3.05, 3.63) is 75.4 Å². The van der Waals surface area contributed by atoms with Crippen molar-refractivity contribution in [1.29, 1.82) is 0 Å². The van der Waals surface area contributed by atoms with E-state index in [9.17, 15) is 4.79 Å². The average Bonchev–Trinajstić information content (AvgIpc) is 3.29. The molecule has 1 aliphatic carbocycles. The number of hydrogen-bond donors (Lipinski definition) is 1. The van der Waals surface area contributed by atoms with Crippen LogP contribution in [0.25, 0.3) is 11.3 Å². The molecule has 0 radical (unpaired) electrons. The van der Waals surface area contributed by atoms with E-state index in [1.165, 1.54) is 6.42 Å². The van der Waals surface area contributed by atoms with Crippen LogP contribution in [0.2, 0.25) is 10.0 Å². The third-order valence-electron chi connectivity index (χ3n) is 6.08. The highest BCUT2D eigenvalue weighted by Crippen LogP contribution is 2.45. The van der Waals surface area contributed by atoms with Gasteiger partial charge in [0.2, 0.25) is 0 Å². The van der Waals surface area contributed by atoms with Gasteiger partial charge >= 0.3 is 0 Å². The summed E-state index contributed by atoms with van der Waals surface area (Å²) in [7, 11) is 0. The lowest BCUT2D eigenvalue weighted by Gasteiger charge is -2.36. The summed E-state index contributed by atoms with van der Waals surface area (Å²) in [5.74, 6) is 0.0413. The number of hydrogen-bond acceptors (Lipinski definition) is 2. The van der Waals surface area contributed by atoms with Gasteiger partial charge in [-0.2, -0.15) is 5.10 Å². The van der Waals surface area contributed by atoms with Crippen LogP contribution in [-0.2, 0) is 0 Å². The molecule has 2 heterocycles. The fraction of sp³-hybridized carbons (Fsp3) is 0.304. The van der Waals surface area contributed by atoms with Gasteiger partial charge in [-0.25, -0.2) is 0 Å². The molecule has 1 atom stereocenters. The molecule has 0 bridgehead atoms. The van der Waals surface area contributed by atoms with E-state index in [-0.39, 0.29) is 18.0 Å². The molecule has 1 saturated carbocycles. The molecule has 1 amide bonds. The summed E-state index contributed by atoms with van der Waals surface area (Å²) in [6, 6.07) is 15.5. The highest BCUT2D eigenvalue weighted by Gasteiger charge is 2.45. The smallest absolute Gasteiger partial charge is 0.273 e. The van der Waals surface area contributed by atoms with Crippen LogP contribution >= 0.6 is 23.2 Å². The van der Waals surface area contributed by atoms with E-state index >= 15 is 0 Å². The van der Waals surface area contributed by atoms with Crippen molar-refractivity contribution in [1.82, 2.24) is 15.1 Å². The SMILES string of the molecule is O=C1c2[nH]nc(-c3ccc(Cl)cc3)c2C(c2ccc(Cl)cc2)N1C1CCCCC1. The Balaban J connectivity index is 1.65. The summed E-state index contributed by atoms with van der Waals surface area (Å²) >= 11 is 12.2. The minimum atomic E-state index is -0.165. The lowest BCUT2D eigenvalue weighted by Crippen LogP contribution is -2.40. The van der Waals surface area contributed by atoms with Gasteiger partial charge in [-0.1, -0.05) is 66.7 Å². The van der Waals surface area contributed by atoms with Crippen LogP contribution in [0.4, 0.5) is 0 Å². The lowest BCUT2D eigenvalue weighted by atomic mass is 9.91. The summed E-state index contributed by atoms with van der Waals surface area (Å²) in [6.07, 6.45) is 5.66. The molecule has 1 aliphatic heterocycles. The van der Waals surface area contributed by atoms with E-state index in [1.807, 2.05) is 48.5 Å². The van der Waals surface area contributed by atoms with Crippen LogP contribution in [0.15, 0.2) is 48.5 Å². The molecule has 29 heavy (non-hydrogen) atoms. The number of nitrogens with zero attached hydrogens (tertiary/aromatic N) is 2. The summed E-state index contributed by atoms with van der Waals surface area (Å²) in [5.41, 5.74) is 4.36. The molecular weight excluding hydrogens is 405 g/mol. The van der Waals surface area contributed by atoms with Gasteiger partial charge in [-0.3, -0.25) is 9.89 Å². The Labute approximate surface area is 179 Å². The monoisotopic (exact) mass is 425 g/mol. The molecule has 6 heteroatoms. The molecule has 0 spiro atoms. The first-order chi connectivity index (χ1) is 14.1. The molecule has 0 saturated heterocycles. The molecule has 5 rings (SSSR count). The Kier molecular flexibility index (Phi) is 4.84. The van der Waals surface area contributed by atoms with Gasteiger partial charge in [-0.15, -0.1) is 0 Å². The molecule has 4 nitrogen and oxygen atoms in total. The molecule has 148 valence electrons. The van der Waals surface area contributed by atoms with Gasteiger partial charge in [0.25, 0.3) is 5.91 Å². The summed E-state index contributed by atoms with van der Waals surface area (Å²) in [6.45, 7) is 0. The number of fused-ring (bicyclic) bond motifs is 1. The van der Waals surface area contributed by atoms with Crippen LogP contribution in [0.5, 0.6) is 0 Å². The Morgan fingerprint density at radius 3 is 2.17 bits per heavy atom. The predicted molar refractivity (Wildman–Crippen MR) is 115 cm³/mol. The number of H-pyrrole nitrogens is 1. The first-order valence-corrected chi connectivity index (χ1v) is 10.8. The van der Waals surface area contributed by atoms with Gasteiger partial charge < -0.3 is 4.90 Å². The maximum atomic E-state index is 13.5. The average molecular weight is 426 g/mol. The normalized spacial score (nSPS) is 19.6. The van der Waals surface area contributed by atoms with Crippen LogP contribution < -0.4 is 0 Å². The zero-order valence-corrected chi connectivity index (χ0v) is 17.4. The van der Waals surface area contributed by atoms with E-state index in [4.69, 9.17) is 23.2 Å². The van der Waals surface area contributed by atoms with E-state index < -0.39 is 0 Å². The van der Waals surface area contributed by atoms with Crippen LogP contribution in [0.1, 0.15) is 59.8 Å². The third-order valence-corrected chi connectivity index (χ3v) is 6.58. The minimum Gasteiger partial charge on any atom is -0.323 e. The van der Waals surface area contributed by atoms with E-state index in [2.05, 4.69) is 15.1 Å². The van der Waals surface area contributed by atoms with E-state index in [1.54, 1.807) is 0 Å². The second-order valence-corrected chi connectivity index (χ2v) is 8.70. The number of nitrogens with one attached hydrogen (secondary N) is 1. The lowest BCUT2D eigenvalue weighted by molar-refractivity contribution is 0.0606. The maximum absolute atomic E-state index is 13.5. The van der Waals surface area contributed by atoms with Crippen LogP contribution in [-0.4, -0.2) is 27.0 Å².